The second-order valence-electron chi connectivity index (χ2n) is 5.32. The maximum Gasteiger partial charge on any atom is 0.194 e. The first-order valence-corrected chi connectivity index (χ1v) is 6.09. The summed E-state index contributed by atoms with van der Waals surface area (Å²) in [5, 5.41) is 3.33. The normalized spacial score (nSPS) is 19.7. The predicted octanol–water partition coefficient (Wildman–Crippen LogP) is 2.09. The zero-order valence-electron chi connectivity index (χ0n) is 10.9. The lowest BCUT2D eigenvalue weighted by Gasteiger charge is -2.23. The predicted molar refractivity (Wildman–Crippen MR) is 68.9 cm³/mol. The van der Waals surface area contributed by atoms with Gasteiger partial charge in [0.05, 0.1) is 12.8 Å². The molecule has 1 aromatic heterocycles. The molecule has 17 heavy (non-hydrogen) atoms. The first-order chi connectivity index (χ1) is 8.11. The molecule has 1 saturated heterocycles. The fraction of sp³-hybridized carbons (Fsp3) is 0.615. The van der Waals surface area contributed by atoms with Gasteiger partial charge in [-0.25, -0.2) is 0 Å². The summed E-state index contributed by atoms with van der Waals surface area (Å²) in [6.45, 7) is 7.42. The number of rotatable bonds is 2. The molecule has 0 aromatic carbocycles. The van der Waals surface area contributed by atoms with Gasteiger partial charge < -0.3 is 14.6 Å². The van der Waals surface area contributed by atoms with E-state index >= 15 is 0 Å². The zero-order chi connectivity index (χ0) is 12.3. The maximum absolute atomic E-state index is 5.30. The van der Waals surface area contributed by atoms with E-state index < -0.39 is 0 Å². The number of hydrogen-bond donors (Lipinski definition) is 1. The number of hydrogen-bond acceptors (Lipinski definition) is 2. The van der Waals surface area contributed by atoms with Gasteiger partial charge in [-0.05, 0) is 24.0 Å². The molecule has 4 nitrogen and oxygen atoms in total. The fourth-order valence-corrected chi connectivity index (χ4v) is 2.20. The Balaban J connectivity index is 1.90. The Morgan fingerprint density at radius 3 is 2.94 bits per heavy atom. The smallest absolute Gasteiger partial charge is 0.194 e. The highest BCUT2D eigenvalue weighted by molar-refractivity contribution is 5.80. The number of aliphatic imine (C=N–C) groups is 1. The summed E-state index contributed by atoms with van der Waals surface area (Å²) < 4.78 is 5.30. The third kappa shape index (κ3) is 3.02. The van der Waals surface area contributed by atoms with Crippen molar-refractivity contribution in [3.05, 3.63) is 24.2 Å². The van der Waals surface area contributed by atoms with Crippen LogP contribution in [0.15, 0.2) is 27.8 Å². The lowest BCUT2D eigenvalue weighted by Crippen LogP contribution is -2.40. The van der Waals surface area contributed by atoms with Crippen molar-refractivity contribution < 1.29 is 4.42 Å². The van der Waals surface area contributed by atoms with Crippen LogP contribution in [0.3, 0.4) is 0 Å². The third-order valence-corrected chi connectivity index (χ3v) is 3.19. The summed E-state index contributed by atoms with van der Waals surface area (Å²) in [4.78, 5) is 6.63. The maximum atomic E-state index is 5.30. The Kier molecular flexibility index (Phi) is 3.41. The molecule has 0 radical (unpaired) electrons. The summed E-state index contributed by atoms with van der Waals surface area (Å²) in [5.41, 5.74) is 0.391. The Bertz CT molecular complexity index is 381. The molecule has 0 atom stereocenters. The van der Waals surface area contributed by atoms with Gasteiger partial charge >= 0.3 is 0 Å². The Hall–Kier alpha value is -1.45. The van der Waals surface area contributed by atoms with E-state index in [1.165, 1.54) is 6.42 Å². The number of furan rings is 1. The van der Waals surface area contributed by atoms with E-state index in [4.69, 9.17) is 4.42 Å². The highest BCUT2D eigenvalue weighted by Crippen LogP contribution is 2.28. The van der Waals surface area contributed by atoms with E-state index in [0.29, 0.717) is 12.0 Å². The van der Waals surface area contributed by atoms with Crippen LogP contribution in [0.1, 0.15) is 26.0 Å². The van der Waals surface area contributed by atoms with Crippen LogP contribution in [-0.4, -0.2) is 31.0 Å². The topological polar surface area (TPSA) is 40.8 Å². The van der Waals surface area contributed by atoms with Crippen molar-refractivity contribution in [3.8, 4) is 0 Å². The van der Waals surface area contributed by atoms with Gasteiger partial charge in [0.15, 0.2) is 5.96 Å². The van der Waals surface area contributed by atoms with Gasteiger partial charge in [-0.3, -0.25) is 4.99 Å². The number of likely N-dealkylation sites (tertiary alicyclic amines) is 1. The third-order valence-electron chi connectivity index (χ3n) is 3.19. The number of guanidine groups is 1. The highest BCUT2D eigenvalue weighted by Gasteiger charge is 2.30. The molecule has 2 rings (SSSR count). The van der Waals surface area contributed by atoms with Crippen LogP contribution < -0.4 is 5.32 Å². The summed E-state index contributed by atoms with van der Waals surface area (Å²) >= 11 is 0. The number of nitrogens with one attached hydrogen (secondary N) is 1. The molecular weight excluding hydrogens is 214 g/mol. The number of nitrogens with zero attached hydrogens (tertiary/aromatic N) is 2. The molecule has 94 valence electrons. The molecule has 0 aliphatic carbocycles. The van der Waals surface area contributed by atoms with E-state index in [2.05, 4.69) is 29.1 Å². The van der Waals surface area contributed by atoms with Crippen LogP contribution in [0, 0.1) is 5.41 Å². The van der Waals surface area contributed by atoms with Gasteiger partial charge in [0.1, 0.15) is 5.76 Å². The molecule has 1 aliphatic heterocycles. The quantitative estimate of drug-likeness (QED) is 0.630. The minimum atomic E-state index is 0.391. The van der Waals surface area contributed by atoms with E-state index in [0.717, 1.165) is 24.8 Å². The standard InChI is InChI=1S/C13H21N3O/c1-13(2)6-7-16(10-13)12(14-3)15-9-11-5-4-8-17-11/h4-5,8H,6-7,9-10H2,1-3H3,(H,14,15). The molecular formula is C13H21N3O. The average molecular weight is 235 g/mol. The van der Waals surface area contributed by atoms with E-state index in [-0.39, 0.29) is 0 Å². The second-order valence-corrected chi connectivity index (χ2v) is 5.32. The molecule has 0 saturated carbocycles. The van der Waals surface area contributed by atoms with Crippen molar-refractivity contribution in [3.63, 3.8) is 0 Å². The molecule has 1 N–H and O–H groups in total. The van der Waals surface area contributed by atoms with E-state index in [1.54, 1.807) is 6.26 Å². The second kappa shape index (κ2) is 4.82. The zero-order valence-corrected chi connectivity index (χ0v) is 10.9. The summed E-state index contributed by atoms with van der Waals surface area (Å²) in [6.07, 6.45) is 2.91. The SMILES string of the molecule is CN=C(NCc1ccco1)N1CCC(C)(C)C1. The van der Waals surface area contributed by atoms with Crippen LogP contribution in [0.2, 0.25) is 0 Å². The van der Waals surface area contributed by atoms with Gasteiger partial charge in [0, 0.05) is 20.1 Å². The van der Waals surface area contributed by atoms with Crippen LogP contribution in [-0.2, 0) is 6.54 Å². The van der Waals surface area contributed by atoms with Gasteiger partial charge in [-0.15, -0.1) is 0 Å². The van der Waals surface area contributed by atoms with Gasteiger partial charge in [0.25, 0.3) is 0 Å². The molecule has 4 heteroatoms. The minimum Gasteiger partial charge on any atom is -0.467 e. The van der Waals surface area contributed by atoms with E-state index in [9.17, 15) is 0 Å². The molecule has 0 amide bonds. The van der Waals surface area contributed by atoms with Crippen molar-refractivity contribution in [1.82, 2.24) is 10.2 Å². The average Bonchev–Trinajstić information content (AvgIpc) is 2.89. The van der Waals surface area contributed by atoms with Crippen molar-refractivity contribution in [2.24, 2.45) is 10.4 Å². The summed E-state index contributed by atoms with van der Waals surface area (Å²) in [7, 11) is 1.83. The minimum absolute atomic E-state index is 0.391. The fourth-order valence-electron chi connectivity index (χ4n) is 2.20. The van der Waals surface area contributed by atoms with Gasteiger partial charge in [-0.1, -0.05) is 13.8 Å². The van der Waals surface area contributed by atoms with Crippen LogP contribution >= 0.6 is 0 Å². The lowest BCUT2D eigenvalue weighted by atomic mass is 9.93. The molecule has 0 spiro atoms. The van der Waals surface area contributed by atoms with Gasteiger partial charge in [0.2, 0.25) is 0 Å². The first kappa shape index (κ1) is 12.0. The molecule has 0 unspecified atom stereocenters. The Morgan fingerprint density at radius 1 is 1.59 bits per heavy atom. The molecule has 1 fully saturated rings. The largest absolute Gasteiger partial charge is 0.467 e. The highest BCUT2D eigenvalue weighted by atomic mass is 16.3. The summed E-state index contributed by atoms with van der Waals surface area (Å²) in [5.74, 6) is 1.90. The van der Waals surface area contributed by atoms with Crippen LogP contribution in [0.5, 0.6) is 0 Å². The van der Waals surface area contributed by atoms with Gasteiger partial charge in [-0.2, -0.15) is 0 Å². The lowest BCUT2D eigenvalue weighted by molar-refractivity contribution is 0.369. The Morgan fingerprint density at radius 2 is 2.41 bits per heavy atom. The summed E-state index contributed by atoms with van der Waals surface area (Å²) in [6, 6.07) is 3.87. The van der Waals surface area contributed by atoms with Crippen LogP contribution in [0.25, 0.3) is 0 Å². The molecule has 2 heterocycles. The molecule has 1 aromatic rings. The monoisotopic (exact) mass is 235 g/mol. The van der Waals surface area contributed by atoms with Crippen molar-refractivity contribution in [2.45, 2.75) is 26.8 Å². The Labute approximate surface area is 103 Å². The van der Waals surface area contributed by atoms with Crippen LogP contribution in [0.4, 0.5) is 0 Å². The van der Waals surface area contributed by atoms with Crippen molar-refractivity contribution in [2.75, 3.05) is 20.1 Å². The first-order valence-electron chi connectivity index (χ1n) is 6.09. The van der Waals surface area contributed by atoms with Crippen molar-refractivity contribution in [1.29, 1.82) is 0 Å². The molecule has 0 bridgehead atoms. The van der Waals surface area contributed by atoms with E-state index in [1.807, 2.05) is 19.2 Å². The molecule has 1 aliphatic rings. The van der Waals surface area contributed by atoms with Crippen molar-refractivity contribution >= 4 is 5.96 Å².